The minimum Gasteiger partial charge on any atom is -0.337 e. The first kappa shape index (κ1) is 17.5. The van der Waals surface area contributed by atoms with Crippen molar-refractivity contribution in [2.75, 3.05) is 14.1 Å². The Morgan fingerprint density at radius 3 is 2.39 bits per heavy atom. The van der Waals surface area contributed by atoms with Crippen LogP contribution in [0.4, 0.5) is 0 Å². The van der Waals surface area contributed by atoms with Gasteiger partial charge in [-0.15, -0.1) is 0 Å². The van der Waals surface area contributed by atoms with Crippen molar-refractivity contribution in [2.45, 2.75) is 11.4 Å². The number of carbonyl (C=O) groups is 1. The summed E-state index contributed by atoms with van der Waals surface area (Å²) in [7, 11) is -0.481. The van der Waals surface area contributed by atoms with Gasteiger partial charge in [0.05, 0.1) is 4.90 Å². The summed E-state index contributed by atoms with van der Waals surface area (Å²) < 4.78 is 25.6. The Balaban J connectivity index is 2.13. The molecule has 7 heteroatoms. The lowest BCUT2D eigenvalue weighted by Gasteiger charge is -2.17. The molecule has 0 radical (unpaired) electrons. The lowest BCUT2D eigenvalue weighted by molar-refractivity contribution is 0.0785. The van der Waals surface area contributed by atoms with Crippen LogP contribution in [0.2, 0.25) is 5.02 Å². The molecule has 0 aliphatic heterocycles. The summed E-state index contributed by atoms with van der Waals surface area (Å²) in [6.07, 6.45) is 0. The third kappa shape index (κ3) is 4.31. The molecule has 0 bridgehead atoms. The molecular formula is C16H17ClN2O3S. The highest BCUT2D eigenvalue weighted by molar-refractivity contribution is 7.89. The molecule has 0 spiro atoms. The van der Waals surface area contributed by atoms with E-state index in [2.05, 4.69) is 4.72 Å². The number of nitrogens with zero attached hydrogens (tertiary/aromatic N) is 1. The van der Waals surface area contributed by atoms with E-state index in [0.717, 1.165) is 5.56 Å². The summed E-state index contributed by atoms with van der Waals surface area (Å²) in [5.74, 6) is -0.196. The first-order valence-corrected chi connectivity index (χ1v) is 8.73. The number of amides is 1. The molecule has 0 aromatic heterocycles. The molecule has 0 aliphatic carbocycles. The van der Waals surface area contributed by atoms with Gasteiger partial charge in [-0.1, -0.05) is 23.7 Å². The van der Waals surface area contributed by atoms with Crippen LogP contribution in [-0.2, 0) is 16.6 Å². The van der Waals surface area contributed by atoms with Gasteiger partial charge in [-0.05, 0) is 49.0 Å². The summed E-state index contributed by atoms with van der Waals surface area (Å²) in [4.78, 5) is 14.1. The lowest BCUT2D eigenvalue weighted by atomic mass is 10.1. The molecule has 0 unspecified atom stereocenters. The highest BCUT2D eigenvalue weighted by Gasteiger charge is 2.15. The molecule has 23 heavy (non-hydrogen) atoms. The van der Waals surface area contributed by atoms with E-state index in [9.17, 15) is 13.2 Å². The second-order valence-electron chi connectivity index (χ2n) is 5.02. The molecule has 122 valence electrons. The van der Waals surface area contributed by atoms with E-state index in [0.29, 0.717) is 17.1 Å². The Hall–Kier alpha value is -1.89. The second-order valence-corrected chi connectivity index (χ2v) is 7.35. The van der Waals surface area contributed by atoms with Gasteiger partial charge in [0.25, 0.3) is 5.91 Å². The molecular weight excluding hydrogens is 336 g/mol. The van der Waals surface area contributed by atoms with Gasteiger partial charge in [0.15, 0.2) is 0 Å². The van der Waals surface area contributed by atoms with E-state index in [1.165, 1.54) is 31.3 Å². The molecule has 5 nitrogen and oxygen atoms in total. The maximum absolute atomic E-state index is 12.4. The number of rotatable bonds is 5. The van der Waals surface area contributed by atoms with Crippen LogP contribution in [0.3, 0.4) is 0 Å². The Morgan fingerprint density at radius 2 is 1.83 bits per heavy atom. The summed E-state index contributed by atoms with van der Waals surface area (Å²) in [5, 5.41) is 0.616. The zero-order chi connectivity index (χ0) is 17.0. The molecule has 1 amide bonds. The van der Waals surface area contributed by atoms with Crippen molar-refractivity contribution < 1.29 is 13.2 Å². The smallest absolute Gasteiger partial charge is 0.253 e. The number of halogens is 1. The Bertz CT molecular complexity index is 804. The molecule has 0 saturated heterocycles. The number of sulfonamides is 1. The zero-order valence-electron chi connectivity index (χ0n) is 12.8. The van der Waals surface area contributed by atoms with Gasteiger partial charge in [-0.2, -0.15) is 0 Å². The van der Waals surface area contributed by atoms with Gasteiger partial charge >= 0.3 is 0 Å². The summed E-state index contributed by atoms with van der Waals surface area (Å²) in [6.45, 7) is 0.413. The van der Waals surface area contributed by atoms with Crippen LogP contribution in [-0.4, -0.2) is 33.3 Å². The average Bonchev–Trinajstić information content (AvgIpc) is 2.54. The van der Waals surface area contributed by atoms with Gasteiger partial charge in [-0.3, -0.25) is 4.79 Å². The van der Waals surface area contributed by atoms with E-state index < -0.39 is 10.0 Å². The van der Waals surface area contributed by atoms with Crippen LogP contribution in [0.25, 0.3) is 0 Å². The Labute approximate surface area is 140 Å². The van der Waals surface area contributed by atoms with Crippen molar-refractivity contribution in [3.8, 4) is 0 Å². The lowest BCUT2D eigenvalue weighted by Crippen LogP contribution is -2.26. The number of hydrogen-bond donors (Lipinski definition) is 1. The fourth-order valence-corrected chi connectivity index (χ4v) is 3.04. The number of nitrogens with one attached hydrogen (secondary N) is 1. The van der Waals surface area contributed by atoms with Crippen LogP contribution in [0.1, 0.15) is 15.9 Å². The van der Waals surface area contributed by atoms with Crippen LogP contribution in [0, 0.1) is 0 Å². The van der Waals surface area contributed by atoms with E-state index in [-0.39, 0.29) is 10.8 Å². The second kappa shape index (κ2) is 7.12. The minimum absolute atomic E-state index is 0.119. The quantitative estimate of drug-likeness (QED) is 0.899. The SMILES string of the molecule is CNS(=O)(=O)c1ccc(C(=O)N(C)Cc2cccc(Cl)c2)cc1. The molecule has 0 aliphatic rings. The first-order valence-electron chi connectivity index (χ1n) is 6.87. The predicted molar refractivity (Wildman–Crippen MR) is 89.9 cm³/mol. The van der Waals surface area contributed by atoms with Crippen LogP contribution in [0.5, 0.6) is 0 Å². The minimum atomic E-state index is -3.50. The predicted octanol–water partition coefficient (Wildman–Crippen LogP) is 2.52. The highest BCUT2D eigenvalue weighted by Crippen LogP contribution is 2.15. The third-order valence-corrected chi connectivity index (χ3v) is 5.00. The molecule has 2 aromatic rings. The fraction of sp³-hybridized carbons (Fsp3) is 0.188. The van der Waals surface area contributed by atoms with E-state index in [1.54, 1.807) is 24.1 Å². The van der Waals surface area contributed by atoms with Crippen LogP contribution in [0.15, 0.2) is 53.4 Å². The topological polar surface area (TPSA) is 66.5 Å². The van der Waals surface area contributed by atoms with Crippen molar-refractivity contribution in [2.24, 2.45) is 0 Å². The van der Waals surface area contributed by atoms with Crippen molar-refractivity contribution in [1.29, 1.82) is 0 Å². The maximum atomic E-state index is 12.4. The first-order chi connectivity index (χ1) is 10.8. The molecule has 2 rings (SSSR count). The van der Waals surface area contributed by atoms with Crippen LogP contribution >= 0.6 is 11.6 Å². The van der Waals surface area contributed by atoms with Crippen molar-refractivity contribution in [1.82, 2.24) is 9.62 Å². The number of benzene rings is 2. The summed E-state index contributed by atoms with van der Waals surface area (Å²) >= 11 is 5.93. The van der Waals surface area contributed by atoms with E-state index in [4.69, 9.17) is 11.6 Å². The standard InChI is InChI=1S/C16H17ClN2O3S/c1-18-23(21,22)15-8-6-13(7-9-15)16(20)19(2)11-12-4-3-5-14(17)10-12/h3-10,18H,11H2,1-2H3. The Morgan fingerprint density at radius 1 is 1.17 bits per heavy atom. The van der Waals surface area contributed by atoms with E-state index >= 15 is 0 Å². The third-order valence-electron chi connectivity index (χ3n) is 3.34. The molecule has 0 fully saturated rings. The maximum Gasteiger partial charge on any atom is 0.253 e. The van der Waals surface area contributed by atoms with Crippen molar-refractivity contribution in [3.63, 3.8) is 0 Å². The normalized spacial score (nSPS) is 11.3. The van der Waals surface area contributed by atoms with Gasteiger partial charge in [0.1, 0.15) is 0 Å². The monoisotopic (exact) mass is 352 g/mol. The largest absolute Gasteiger partial charge is 0.337 e. The van der Waals surface area contributed by atoms with Gasteiger partial charge in [0, 0.05) is 24.2 Å². The van der Waals surface area contributed by atoms with Crippen molar-refractivity contribution in [3.05, 3.63) is 64.7 Å². The molecule has 0 saturated carbocycles. The highest BCUT2D eigenvalue weighted by atomic mass is 35.5. The zero-order valence-corrected chi connectivity index (χ0v) is 14.4. The van der Waals surface area contributed by atoms with Crippen LogP contribution < -0.4 is 4.72 Å². The van der Waals surface area contributed by atoms with E-state index in [1.807, 2.05) is 12.1 Å². The summed E-state index contributed by atoms with van der Waals surface area (Å²) in [6, 6.07) is 13.1. The van der Waals surface area contributed by atoms with Gasteiger partial charge in [-0.25, -0.2) is 13.1 Å². The Kier molecular flexibility index (Phi) is 5.41. The molecule has 1 N–H and O–H groups in total. The summed E-state index contributed by atoms with van der Waals surface area (Å²) in [5.41, 5.74) is 1.34. The number of hydrogen-bond acceptors (Lipinski definition) is 3. The molecule has 0 atom stereocenters. The number of carbonyl (C=O) groups excluding carboxylic acids is 1. The van der Waals surface area contributed by atoms with Gasteiger partial charge in [0.2, 0.25) is 10.0 Å². The van der Waals surface area contributed by atoms with Gasteiger partial charge < -0.3 is 4.90 Å². The fourth-order valence-electron chi connectivity index (χ4n) is 2.10. The van der Waals surface area contributed by atoms with Crippen molar-refractivity contribution >= 4 is 27.5 Å². The molecule has 0 heterocycles. The molecule has 2 aromatic carbocycles. The average molecular weight is 353 g/mol.